The Labute approximate surface area is 98.3 Å². The van der Waals surface area contributed by atoms with E-state index in [1.807, 2.05) is 5.38 Å². The molecule has 0 aliphatic carbocycles. The van der Waals surface area contributed by atoms with Crippen molar-refractivity contribution in [3.05, 3.63) is 23.0 Å². The molecule has 16 heavy (non-hydrogen) atoms. The molecule has 0 saturated carbocycles. The van der Waals surface area contributed by atoms with Gasteiger partial charge in [-0.1, -0.05) is 26.0 Å². The molecule has 2 aromatic heterocycles. The van der Waals surface area contributed by atoms with Gasteiger partial charge in [-0.25, -0.2) is 4.98 Å². The van der Waals surface area contributed by atoms with Crippen LogP contribution in [-0.2, 0) is 12.0 Å². The maximum atomic E-state index is 5.68. The Balaban J connectivity index is 2.59. The van der Waals surface area contributed by atoms with E-state index in [0.717, 1.165) is 16.5 Å². The van der Waals surface area contributed by atoms with Crippen LogP contribution in [0, 0.1) is 0 Å². The van der Waals surface area contributed by atoms with Crippen LogP contribution in [-0.4, -0.2) is 20.0 Å². The van der Waals surface area contributed by atoms with Crippen molar-refractivity contribution in [2.75, 3.05) is 0 Å². The predicted octanol–water partition coefficient (Wildman–Crippen LogP) is 1.48. The van der Waals surface area contributed by atoms with Gasteiger partial charge in [0.1, 0.15) is 5.69 Å². The zero-order valence-corrected chi connectivity index (χ0v) is 10.5. The smallest absolute Gasteiger partial charge is 0.211 e. The molecule has 0 saturated heterocycles. The molecule has 0 aromatic carbocycles. The van der Waals surface area contributed by atoms with E-state index < -0.39 is 0 Å². The number of nitrogens with zero attached hydrogens (tertiary/aromatic N) is 4. The maximum absolute atomic E-state index is 5.68. The topological polar surface area (TPSA) is 69.6 Å². The van der Waals surface area contributed by atoms with E-state index in [9.17, 15) is 0 Å². The molecular weight excluding hydrogens is 222 g/mol. The Morgan fingerprint density at radius 2 is 2.19 bits per heavy atom. The molecule has 5 nitrogen and oxygen atoms in total. The molecule has 0 radical (unpaired) electrons. The molecule has 0 spiro atoms. The fraction of sp³-hybridized carbons (Fsp3) is 0.500. The Hall–Kier alpha value is -1.27. The molecule has 0 unspecified atom stereocenters. The molecule has 0 amide bonds. The second-order valence-corrected chi connectivity index (χ2v) is 5.44. The molecule has 2 heterocycles. The third kappa shape index (κ3) is 1.85. The summed E-state index contributed by atoms with van der Waals surface area (Å²) in [6, 6.07) is 0. The van der Waals surface area contributed by atoms with Gasteiger partial charge in [0.15, 0.2) is 0 Å². The quantitative estimate of drug-likeness (QED) is 0.859. The van der Waals surface area contributed by atoms with Crippen molar-refractivity contribution < 1.29 is 0 Å². The Morgan fingerprint density at radius 1 is 1.44 bits per heavy atom. The minimum Gasteiger partial charge on any atom is -0.325 e. The lowest BCUT2D eigenvalue weighted by atomic mass is 9.90. The lowest BCUT2D eigenvalue weighted by molar-refractivity contribution is 0.537. The summed E-state index contributed by atoms with van der Waals surface area (Å²) in [5.74, 6) is 0. The standard InChI is InChI=1S/C10H15N5S/c1-10(2,3)8-7(6-11)13-14-15(8)9-12-4-5-16-9/h4-5H,6,11H2,1-3H3. The van der Waals surface area contributed by atoms with E-state index in [-0.39, 0.29) is 5.41 Å². The third-order valence-electron chi connectivity index (χ3n) is 2.24. The van der Waals surface area contributed by atoms with Crippen molar-refractivity contribution >= 4 is 11.3 Å². The normalized spacial score (nSPS) is 12.0. The van der Waals surface area contributed by atoms with Gasteiger partial charge >= 0.3 is 0 Å². The largest absolute Gasteiger partial charge is 0.325 e. The number of nitrogens with two attached hydrogens (primary N) is 1. The fourth-order valence-corrected chi connectivity index (χ4v) is 2.25. The lowest BCUT2D eigenvalue weighted by Crippen LogP contribution is -2.20. The van der Waals surface area contributed by atoms with Gasteiger partial charge in [0.05, 0.1) is 5.69 Å². The van der Waals surface area contributed by atoms with Crippen LogP contribution in [0.4, 0.5) is 0 Å². The Kier molecular flexibility index (Phi) is 2.77. The van der Waals surface area contributed by atoms with Crippen molar-refractivity contribution in [2.24, 2.45) is 5.73 Å². The summed E-state index contributed by atoms with van der Waals surface area (Å²) in [6.45, 7) is 6.76. The molecule has 86 valence electrons. The molecular formula is C10H15N5S. The highest BCUT2D eigenvalue weighted by Crippen LogP contribution is 2.27. The van der Waals surface area contributed by atoms with Crippen LogP contribution in [0.1, 0.15) is 32.2 Å². The molecule has 0 aliphatic rings. The predicted molar refractivity (Wildman–Crippen MR) is 63.6 cm³/mol. The summed E-state index contributed by atoms with van der Waals surface area (Å²) in [6.07, 6.45) is 1.76. The second kappa shape index (κ2) is 3.95. The number of rotatable bonds is 2. The molecule has 0 aliphatic heterocycles. The van der Waals surface area contributed by atoms with E-state index in [0.29, 0.717) is 6.54 Å². The average molecular weight is 237 g/mol. The Bertz CT molecular complexity index is 466. The van der Waals surface area contributed by atoms with Crippen molar-refractivity contribution in [2.45, 2.75) is 32.7 Å². The van der Waals surface area contributed by atoms with Crippen molar-refractivity contribution in [3.8, 4) is 5.13 Å². The first-order chi connectivity index (χ1) is 7.54. The van der Waals surface area contributed by atoms with E-state index in [1.165, 1.54) is 11.3 Å². The van der Waals surface area contributed by atoms with E-state index in [1.54, 1.807) is 10.9 Å². The maximum Gasteiger partial charge on any atom is 0.211 e. The van der Waals surface area contributed by atoms with Crippen LogP contribution >= 0.6 is 11.3 Å². The van der Waals surface area contributed by atoms with Gasteiger partial charge in [-0.3, -0.25) is 0 Å². The molecule has 2 aromatic rings. The first kappa shape index (κ1) is 11.2. The van der Waals surface area contributed by atoms with Crippen molar-refractivity contribution in [3.63, 3.8) is 0 Å². The highest BCUT2D eigenvalue weighted by atomic mass is 32.1. The highest BCUT2D eigenvalue weighted by molar-refractivity contribution is 7.12. The average Bonchev–Trinajstić information content (AvgIpc) is 2.84. The van der Waals surface area contributed by atoms with Gasteiger partial charge in [-0.15, -0.1) is 16.4 Å². The highest BCUT2D eigenvalue weighted by Gasteiger charge is 2.26. The number of thiazole rings is 1. The van der Waals surface area contributed by atoms with Crippen LogP contribution in [0.15, 0.2) is 11.6 Å². The summed E-state index contributed by atoms with van der Waals surface area (Å²) in [7, 11) is 0. The van der Waals surface area contributed by atoms with E-state index in [4.69, 9.17) is 5.73 Å². The fourth-order valence-electron chi connectivity index (χ4n) is 1.66. The van der Waals surface area contributed by atoms with Gasteiger partial charge in [0.2, 0.25) is 5.13 Å². The number of hydrogen-bond donors (Lipinski definition) is 1. The van der Waals surface area contributed by atoms with Gasteiger partial charge < -0.3 is 5.73 Å². The van der Waals surface area contributed by atoms with E-state index in [2.05, 4.69) is 36.1 Å². The van der Waals surface area contributed by atoms with Crippen molar-refractivity contribution in [1.82, 2.24) is 20.0 Å². The lowest BCUT2D eigenvalue weighted by Gasteiger charge is -2.19. The van der Waals surface area contributed by atoms with Gasteiger partial charge in [0, 0.05) is 23.5 Å². The molecule has 0 fully saturated rings. The van der Waals surface area contributed by atoms with Crippen LogP contribution in [0.5, 0.6) is 0 Å². The SMILES string of the molecule is CC(C)(C)c1c(CN)nnn1-c1nccs1. The Morgan fingerprint density at radius 3 is 2.69 bits per heavy atom. The van der Waals surface area contributed by atoms with Crippen LogP contribution in [0.2, 0.25) is 0 Å². The van der Waals surface area contributed by atoms with Gasteiger partial charge in [0.25, 0.3) is 0 Å². The number of hydrogen-bond acceptors (Lipinski definition) is 5. The molecule has 0 bridgehead atoms. The van der Waals surface area contributed by atoms with E-state index >= 15 is 0 Å². The third-order valence-corrected chi connectivity index (χ3v) is 2.99. The summed E-state index contributed by atoms with van der Waals surface area (Å²) in [4.78, 5) is 4.25. The minimum absolute atomic E-state index is 0.0517. The first-order valence-electron chi connectivity index (χ1n) is 5.09. The molecule has 2 rings (SSSR count). The van der Waals surface area contributed by atoms with Crippen LogP contribution in [0.3, 0.4) is 0 Å². The zero-order valence-electron chi connectivity index (χ0n) is 9.64. The summed E-state index contributed by atoms with van der Waals surface area (Å²) in [5.41, 5.74) is 7.50. The molecule has 2 N–H and O–H groups in total. The summed E-state index contributed by atoms with van der Waals surface area (Å²) >= 11 is 1.54. The minimum atomic E-state index is -0.0517. The number of aromatic nitrogens is 4. The molecule has 0 atom stereocenters. The molecule has 6 heteroatoms. The van der Waals surface area contributed by atoms with Crippen molar-refractivity contribution in [1.29, 1.82) is 0 Å². The zero-order chi connectivity index (χ0) is 11.8. The second-order valence-electron chi connectivity index (χ2n) is 4.57. The monoisotopic (exact) mass is 237 g/mol. The summed E-state index contributed by atoms with van der Waals surface area (Å²) < 4.78 is 1.78. The van der Waals surface area contributed by atoms with Crippen LogP contribution in [0.25, 0.3) is 5.13 Å². The van der Waals surface area contributed by atoms with Crippen LogP contribution < -0.4 is 5.73 Å². The van der Waals surface area contributed by atoms with Gasteiger partial charge in [-0.2, -0.15) is 4.68 Å². The summed E-state index contributed by atoms with van der Waals surface area (Å²) in [5, 5.41) is 11.0. The first-order valence-corrected chi connectivity index (χ1v) is 5.97. The van der Waals surface area contributed by atoms with Gasteiger partial charge in [-0.05, 0) is 0 Å².